The first-order valence-electron chi connectivity index (χ1n) is 12.1. The Hall–Kier alpha value is -3.36. The zero-order chi connectivity index (χ0) is 26.3. The summed E-state index contributed by atoms with van der Waals surface area (Å²) in [5.74, 6) is -2.09. The number of halogens is 2. The molecule has 1 aliphatic carbocycles. The molecule has 0 heterocycles. The predicted molar refractivity (Wildman–Crippen MR) is 131 cm³/mol. The van der Waals surface area contributed by atoms with Crippen LogP contribution < -0.4 is 20.1 Å². The van der Waals surface area contributed by atoms with Gasteiger partial charge in [0.1, 0.15) is 18.0 Å². The van der Waals surface area contributed by atoms with Crippen molar-refractivity contribution in [1.82, 2.24) is 10.6 Å². The van der Waals surface area contributed by atoms with Gasteiger partial charge in [0, 0.05) is 18.2 Å². The molecule has 0 bridgehead atoms. The Morgan fingerprint density at radius 2 is 1.61 bits per heavy atom. The molecule has 7 nitrogen and oxygen atoms in total. The summed E-state index contributed by atoms with van der Waals surface area (Å²) in [6.45, 7) is 5.79. The number of nitrogens with one attached hydrogen (secondary N) is 2. The highest BCUT2D eigenvalue weighted by Gasteiger charge is 2.25. The Bertz CT molecular complexity index is 1020. The van der Waals surface area contributed by atoms with E-state index in [2.05, 4.69) is 10.6 Å². The summed E-state index contributed by atoms with van der Waals surface area (Å²) in [5.41, 5.74) is 0.0558. The van der Waals surface area contributed by atoms with E-state index in [4.69, 9.17) is 14.2 Å². The molecule has 0 aliphatic heterocycles. The van der Waals surface area contributed by atoms with Crippen LogP contribution in [0.5, 0.6) is 11.5 Å². The van der Waals surface area contributed by atoms with E-state index < -0.39 is 35.0 Å². The van der Waals surface area contributed by atoms with Gasteiger partial charge in [0.25, 0.3) is 5.91 Å². The van der Waals surface area contributed by atoms with Crippen LogP contribution in [0.2, 0.25) is 0 Å². The van der Waals surface area contributed by atoms with Crippen molar-refractivity contribution in [1.29, 1.82) is 0 Å². The van der Waals surface area contributed by atoms with Gasteiger partial charge in [0.2, 0.25) is 0 Å². The van der Waals surface area contributed by atoms with Gasteiger partial charge in [0.15, 0.2) is 17.4 Å². The fraction of sp³-hybridized carbons (Fsp3) is 0.481. The molecule has 0 saturated heterocycles. The van der Waals surface area contributed by atoms with Gasteiger partial charge in [0.05, 0.1) is 7.11 Å². The van der Waals surface area contributed by atoms with Crippen molar-refractivity contribution in [2.45, 2.75) is 64.7 Å². The molecule has 9 heteroatoms. The second-order valence-electron chi connectivity index (χ2n) is 9.98. The van der Waals surface area contributed by atoms with Crippen molar-refractivity contribution >= 4 is 12.0 Å². The molecule has 0 spiro atoms. The smallest absolute Gasteiger partial charge is 0.407 e. The minimum atomic E-state index is -0.942. The van der Waals surface area contributed by atoms with Gasteiger partial charge < -0.3 is 24.8 Å². The van der Waals surface area contributed by atoms with E-state index in [-0.39, 0.29) is 24.1 Å². The number of hydrogen-bond donors (Lipinski definition) is 2. The van der Waals surface area contributed by atoms with E-state index in [9.17, 15) is 18.4 Å². The second-order valence-corrected chi connectivity index (χ2v) is 9.98. The topological polar surface area (TPSA) is 85.9 Å². The summed E-state index contributed by atoms with van der Waals surface area (Å²) in [5, 5.41) is 5.64. The third-order valence-corrected chi connectivity index (χ3v) is 5.92. The highest BCUT2D eigenvalue weighted by Crippen LogP contribution is 2.26. The number of carbonyl (C=O) groups excluding carboxylic acids is 2. The van der Waals surface area contributed by atoms with Crippen LogP contribution in [0.4, 0.5) is 13.6 Å². The monoisotopic (exact) mass is 504 g/mol. The van der Waals surface area contributed by atoms with E-state index >= 15 is 0 Å². The molecule has 0 aromatic heterocycles. The highest BCUT2D eigenvalue weighted by atomic mass is 19.1. The Labute approximate surface area is 210 Å². The molecule has 2 amide bonds. The van der Waals surface area contributed by atoms with Crippen molar-refractivity contribution in [2.24, 2.45) is 5.92 Å². The maximum atomic E-state index is 14.5. The fourth-order valence-electron chi connectivity index (χ4n) is 4.03. The highest BCUT2D eigenvalue weighted by molar-refractivity contribution is 5.94. The molecular weight excluding hydrogens is 470 g/mol. The van der Waals surface area contributed by atoms with Gasteiger partial charge in [-0.15, -0.1) is 0 Å². The van der Waals surface area contributed by atoms with Crippen LogP contribution in [0, 0.1) is 17.6 Å². The molecule has 1 saturated carbocycles. The standard InChI is InChI=1S/C27H34F2N2O5/c1-27(2,3)36-26(33)31-20-9-5-17(6-10-20)15-30-25(32)19-13-22(28)24(23(29)14-19)35-16-18-7-11-21(34-4)12-8-18/h7-8,11-14,17,20H,5-6,9-10,15-16H2,1-4H3,(H,30,32)(H,31,33)/t17-,20-. The number of amides is 2. The lowest BCUT2D eigenvalue weighted by atomic mass is 9.86. The molecular formula is C27H34F2N2O5. The van der Waals surface area contributed by atoms with Crippen molar-refractivity contribution in [2.75, 3.05) is 13.7 Å². The first-order valence-corrected chi connectivity index (χ1v) is 12.1. The fourth-order valence-corrected chi connectivity index (χ4v) is 4.03. The number of ether oxygens (including phenoxy) is 3. The molecule has 2 N–H and O–H groups in total. The summed E-state index contributed by atoms with van der Waals surface area (Å²) in [4.78, 5) is 24.4. The van der Waals surface area contributed by atoms with Crippen LogP contribution in [0.3, 0.4) is 0 Å². The summed E-state index contributed by atoms with van der Waals surface area (Å²) in [7, 11) is 1.55. The predicted octanol–water partition coefficient (Wildman–Crippen LogP) is 5.37. The van der Waals surface area contributed by atoms with Crippen LogP contribution in [0.15, 0.2) is 36.4 Å². The molecule has 1 fully saturated rings. The Balaban J connectivity index is 1.46. The van der Waals surface area contributed by atoms with Gasteiger partial charge in [-0.1, -0.05) is 12.1 Å². The van der Waals surface area contributed by atoms with Gasteiger partial charge >= 0.3 is 6.09 Å². The molecule has 196 valence electrons. The van der Waals surface area contributed by atoms with Crippen LogP contribution in [0.25, 0.3) is 0 Å². The van der Waals surface area contributed by atoms with Crippen LogP contribution in [-0.2, 0) is 11.3 Å². The van der Waals surface area contributed by atoms with E-state index in [1.165, 1.54) is 0 Å². The summed E-state index contributed by atoms with van der Waals surface area (Å²) >= 11 is 0. The number of rotatable bonds is 8. The van der Waals surface area contributed by atoms with Gasteiger partial charge in [-0.25, -0.2) is 13.6 Å². The first kappa shape index (κ1) is 27.2. The van der Waals surface area contributed by atoms with Crippen molar-refractivity contribution in [3.8, 4) is 11.5 Å². The van der Waals surface area contributed by atoms with Crippen molar-refractivity contribution in [3.63, 3.8) is 0 Å². The third kappa shape index (κ3) is 8.10. The molecule has 0 unspecified atom stereocenters. The molecule has 2 aromatic carbocycles. The summed E-state index contributed by atoms with van der Waals surface area (Å²) in [6.07, 6.45) is 2.72. The normalized spacial score (nSPS) is 17.7. The number of carbonyl (C=O) groups is 2. The maximum Gasteiger partial charge on any atom is 0.407 e. The first-order chi connectivity index (χ1) is 17.0. The largest absolute Gasteiger partial charge is 0.497 e. The quantitative estimate of drug-likeness (QED) is 0.505. The number of methoxy groups -OCH3 is 1. The van der Waals surface area contributed by atoms with E-state index in [1.807, 2.05) is 20.8 Å². The minimum absolute atomic E-state index is 0.0282. The van der Waals surface area contributed by atoms with Gasteiger partial charge in [-0.2, -0.15) is 0 Å². The van der Waals surface area contributed by atoms with Crippen molar-refractivity contribution in [3.05, 3.63) is 59.2 Å². The number of hydrogen-bond acceptors (Lipinski definition) is 5. The molecule has 1 aliphatic rings. The van der Waals surface area contributed by atoms with Crippen LogP contribution in [-0.4, -0.2) is 37.3 Å². The maximum absolute atomic E-state index is 14.5. The van der Waals surface area contributed by atoms with Gasteiger partial charge in [-0.05, 0) is 82.2 Å². The van der Waals surface area contributed by atoms with E-state index in [1.54, 1.807) is 31.4 Å². The Kier molecular flexibility index (Phi) is 9.12. The lowest BCUT2D eigenvalue weighted by Crippen LogP contribution is -2.42. The zero-order valence-corrected chi connectivity index (χ0v) is 21.2. The van der Waals surface area contributed by atoms with Crippen molar-refractivity contribution < 1.29 is 32.6 Å². The Morgan fingerprint density at radius 1 is 1.00 bits per heavy atom. The number of alkyl carbamates (subject to hydrolysis) is 1. The number of benzene rings is 2. The van der Waals surface area contributed by atoms with E-state index in [0.29, 0.717) is 17.9 Å². The minimum Gasteiger partial charge on any atom is -0.497 e. The molecule has 0 atom stereocenters. The second kappa shape index (κ2) is 12.1. The van der Waals surface area contributed by atoms with E-state index in [0.717, 1.165) is 37.8 Å². The zero-order valence-electron chi connectivity index (χ0n) is 21.2. The summed E-state index contributed by atoms with van der Waals surface area (Å²) in [6, 6.07) is 8.90. The molecule has 3 rings (SSSR count). The van der Waals surface area contributed by atoms with Crippen LogP contribution >= 0.6 is 0 Å². The average molecular weight is 505 g/mol. The summed E-state index contributed by atoms with van der Waals surface area (Å²) < 4.78 is 44.7. The van der Waals surface area contributed by atoms with Gasteiger partial charge in [-0.3, -0.25) is 4.79 Å². The average Bonchev–Trinajstić information content (AvgIpc) is 2.82. The Morgan fingerprint density at radius 3 is 2.17 bits per heavy atom. The lowest BCUT2D eigenvalue weighted by Gasteiger charge is -2.30. The SMILES string of the molecule is COc1ccc(COc2c(F)cc(C(=O)NC[C@H]3CC[C@H](NC(=O)OC(C)(C)C)CC3)cc2F)cc1. The van der Waals surface area contributed by atoms with Crippen LogP contribution in [0.1, 0.15) is 62.4 Å². The molecule has 36 heavy (non-hydrogen) atoms. The molecule has 0 radical (unpaired) electrons. The molecule has 2 aromatic rings. The third-order valence-electron chi connectivity index (χ3n) is 5.92. The lowest BCUT2D eigenvalue weighted by molar-refractivity contribution is 0.0487.